The molecular weight excluding hydrogens is 282 g/mol. The lowest BCUT2D eigenvalue weighted by Crippen LogP contribution is -2.41. The normalized spacial score (nSPS) is 11.2. The number of aliphatic carboxylic acids is 1. The largest absolute Gasteiger partial charge is 0.481 e. The number of amides is 1. The molecule has 0 spiro atoms. The van der Waals surface area contributed by atoms with Crippen molar-refractivity contribution in [1.82, 2.24) is 4.90 Å². The second-order valence-corrected chi connectivity index (χ2v) is 5.49. The summed E-state index contributed by atoms with van der Waals surface area (Å²) in [4.78, 5) is 24.6. The zero-order valence-corrected chi connectivity index (χ0v) is 13.4. The van der Waals surface area contributed by atoms with Gasteiger partial charge >= 0.3 is 5.97 Å². The third-order valence-electron chi connectivity index (χ3n) is 3.04. The number of hydrogen-bond donors (Lipinski definition) is 1. The van der Waals surface area contributed by atoms with Crippen molar-refractivity contribution in [3.05, 3.63) is 35.9 Å². The van der Waals surface area contributed by atoms with E-state index < -0.39 is 12.6 Å². The van der Waals surface area contributed by atoms with Crippen molar-refractivity contribution in [3.8, 4) is 5.75 Å². The molecule has 5 heteroatoms. The number of ether oxygens (including phenoxy) is 1. The standard InChI is InChI=1S/C17H23NO4/c1-12(2)18(13(3)4)16(19)10-9-14-7-5-6-8-15(14)22-11-17(20)21/h5-10,12-13H,11H2,1-4H3,(H,20,21)/b10-9+. The van der Waals surface area contributed by atoms with E-state index >= 15 is 0 Å². The Bertz CT molecular complexity index is 541. The number of carboxylic acid groups (broad SMARTS) is 1. The predicted octanol–water partition coefficient (Wildman–Crippen LogP) is 2.81. The monoisotopic (exact) mass is 305 g/mol. The molecule has 0 fully saturated rings. The first-order chi connectivity index (χ1) is 10.3. The maximum absolute atomic E-state index is 12.3. The van der Waals surface area contributed by atoms with Crippen LogP contribution in [-0.2, 0) is 9.59 Å². The second-order valence-electron chi connectivity index (χ2n) is 5.49. The summed E-state index contributed by atoms with van der Waals surface area (Å²) in [5.74, 6) is -0.687. The van der Waals surface area contributed by atoms with E-state index in [1.54, 1.807) is 35.2 Å². The van der Waals surface area contributed by atoms with E-state index in [4.69, 9.17) is 9.84 Å². The third-order valence-corrected chi connectivity index (χ3v) is 3.04. The molecule has 0 atom stereocenters. The van der Waals surface area contributed by atoms with Gasteiger partial charge in [0.15, 0.2) is 6.61 Å². The summed E-state index contributed by atoms with van der Waals surface area (Å²) in [6, 6.07) is 7.23. The molecule has 0 saturated heterocycles. The number of carbonyl (C=O) groups excluding carboxylic acids is 1. The zero-order valence-electron chi connectivity index (χ0n) is 13.4. The van der Waals surface area contributed by atoms with Crippen LogP contribution in [-0.4, -0.2) is 40.6 Å². The first-order valence-corrected chi connectivity index (χ1v) is 7.27. The van der Waals surface area contributed by atoms with Gasteiger partial charge in [-0.3, -0.25) is 4.79 Å². The van der Waals surface area contributed by atoms with Gasteiger partial charge in [-0.05, 0) is 39.8 Å². The van der Waals surface area contributed by atoms with E-state index in [1.807, 2.05) is 27.7 Å². The number of benzene rings is 1. The van der Waals surface area contributed by atoms with E-state index in [9.17, 15) is 9.59 Å². The Morgan fingerprint density at radius 3 is 2.32 bits per heavy atom. The Hall–Kier alpha value is -2.30. The molecule has 5 nitrogen and oxygen atoms in total. The fraction of sp³-hybridized carbons (Fsp3) is 0.412. The van der Waals surface area contributed by atoms with Crippen LogP contribution in [0.25, 0.3) is 6.08 Å². The highest BCUT2D eigenvalue weighted by Crippen LogP contribution is 2.20. The number of hydrogen-bond acceptors (Lipinski definition) is 3. The number of carboxylic acids is 1. The van der Waals surface area contributed by atoms with Crippen LogP contribution in [0.4, 0.5) is 0 Å². The van der Waals surface area contributed by atoms with Crippen LogP contribution >= 0.6 is 0 Å². The average molecular weight is 305 g/mol. The first kappa shape index (κ1) is 17.8. The highest BCUT2D eigenvalue weighted by atomic mass is 16.5. The molecule has 22 heavy (non-hydrogen) atoms. The van der Waals surface area contributed by atoms with Crippen LogP contribution in [0.2, 0.25) is 0 Å². The summed E-state index contributed by atoms with van der Waals surface area (Å²) in [5, 5.41) is 8.67. The van der Waals surface area contributed by atoms with E-state index in [0.29, 0.717) is 11.3 Å². The molecular formula is C17H23NO4. The molecule has 0 radical (unpaired) electrons. The van der Waals surface area contributed by atoms with Gasteiger partial charge in [-0.15, -0.1) is 0 Å². The van der Waals surface area contributed by atoms with Crippen LogP contribution in [0.1, 0.15) is 33.3 Å². The summed E-state index contributed by atoms with van der Waals surface area (Å²) >= 11 is 0. The molecule has 0 aromatic heterocycles. The van der Waals surface area contributed by atoms with Gasteiger partial charge in [0.1, 0.15) is 5.75 Å². The van der Waals surface area contributed by atoms with Gasteiger partial charge in [0, 0.05) is 23.7 Å². The molecule has 0 bridgehead atoms. The van der Waals surface area contributed by atoms with Crippen LogP contribution in [0, 0.1) is 0 Å². The smallest absolute Gasteiger partial charge is 0.341 e. The summed E-state index contributed by atoms with van der Waals surface area (Å²) in [6.45, 7) is 7.46. The molecule has 1 amide bonds. The van der Waals surface area contributed by atoms with Crippen LogP contribution < -0.4 is 4.74 Å². The Kier molecular flexibility index (Phi) is 6.63. The molecule has 1 N–H and O–H groups in total. The average Bonchev–Trinajstić information content (AvgIpc) is 2.42. The van der Waals surface area contributed by atoms with E-state index in [1.165, 1.54) is 6.08 Å². The molecule has 0 saturated carbocycles. The maximum Gasteiger partial charge on any atom is 0.341 e. The fourth-order valence-electron chi connectivity index (χ4n) is 2.24. The van der Waals surface area contributed by atoms with E-state index in [0.717, 1.165) is 0 Å². The van der Waals surface area contributed by atoms with Gasteiger partial charge < -0.3 is 14.7 Å². The summed E-state index contributed by atoms with van der Waals surface area (Å²) < 4.78 is 5.21. The third kappa shape index (κ3) is 5.24. The fourth-order valence-corrected chi connectivity index (χ4v) is 2.24. The topological polar surface area (TPSA) is 66.8 Å². The van der Waals surface area contributed by atoms with Gasteiger partial charge in [-0.1, -0.05) is 18.2 Å². The number of nitrogens with zero attached hydrogens (tertiary/aromatic N) is 1. The molecule has 1 rings (SSSR count). The van der Waals surface area contributed by atoms with Crippen LogP contribution in [0.3, 0.4) is 0 Å². The Balaban J connectivity index is 2.89. The minimum Gasteiger partial charge on any atom is -0.481 e. The molecule has 1 aromatic carbocycles. The Morgan fingerprint density at radius 2 is 1.77 bits per heavy atom. The Morgan fingerprint density at radius 1 is 1.18 bits per heavy atom. The molecule has 1 aromatic rings. The van der Waals surface area contributed by atoms with Crippen molar-refractivity contribution in [2.45, 2.75) is 39.8 Å². The van der Waals surface area contributed by atoms with E-state index in [-0.39, 0.29) is 18.0 Å². The minimum absolute atomic E-state index is 0.0852. The summed E-state index contributed by atoms with van der Waals surface area (Å²) in [6.07, 6.45) is 3.14. The molecule has 0 aliphatic heterocycles. The van der Waals surface area contributed by atoms with Crippen molar-refractivity contribution in [2.75, 3.05) is 6.61 Å². The lowest BCUT2D eigenvalue weighted by Gasteiger charge is -2.29. The highest BCUT2D eigenvalue weighted by molar-refractivity contribution is 5.92. The van der Waals surface area contributed by atoms with Crippen LogP contribution in [0.5, 0.6) is 5.75 Å². The first-order valence-electron chi connectivity index (χ1n) is 7.27. The second kappa shape index (κ2) is 8.22. The van der Waals surface area contributed by atoms with Gasteiger partial charge in [-0.2, -0.15) is 0 Å². The minimum atomic E-state index is -1.04. The molecule has 0 aliphatic rings. The van der Waals surface area contributed by atoms with Crippen molar-refractivity contribution in [2.24, 2.45) is 0 Å². The number of para-hydroxylation sites is 1. The van der Waals surface area contributed by atoms with Crippen molar-refractivity contribution < 1.29 is 19.4 Å². The quantitative estimate of drug-likeness (QED) is 0.787. The summed E-state index contributed by atoms with van der Waals surface area (Å²) in [5.41, 5.74) is 0.671. The maximum atomic E-state index is 12.3. The molecule has 0 unspecified atom stereocenters. The SMILES string of the molecule is CC(C)N(C(=O)/C=C/c1ccccc1OCC(=O)O)C(C)C. The molecule has 0 aliphatic carbocycles. The van der Waals surface area contributed by atoms with Gasteiger partial charge in [0.25, 0.3) is 0 Å². The van der Waals surface area contributed by atoms with Gasteiger partial charge in [0.2, 0.25) is 5.91 Å². The number of rotatable bonds is 7. The highest BCUT2D eigenvalue weighted by Gasteiger charge is 2.17. The van der Waals surface area contributed by atoms with Crippen LogP contribution in [0.15, 0.2) is 30.3 Å². The number of carbonyl (C=O) groups is 2. The van der Waals surface area contributed by atoms with Crippen molar-refractivity contribution >= 4 is 18.0 Å². The predicted molar refractivity (Wildman–Crippen MR) is 85.7 cm³/mol. The molecule has 0 heterocycles. The zero-order chi connectivity index (χ0) is 16.7. The summed E-state index contributed by atoms with van der Waals surface area (Å²) in [7, 11) is 0. The van der Waals surface area contributed by atoms with Crippen molar-refractivity contribution in [1.29, 1.82) is 0 Å². The van der Waals surface area contributed by atoms with Gasteiger partial charge in [-0.25, -0.2) is 4.79 Å². The Labute approximate surface area is 131 Å². The lowest BCUT2D eigenvalue weighted by atomic mass is 10.1. The molecule has 120 valence electrons. The van der Waals surface area contributed by atoms with Gasteiger partial charge in [0.05, 0.1) is 0 Å². The van der Waals surface area contributed by atoms with Crippen molar-refractivity contribution in [3.63, 3.8) is 0 Å². The lowest BCUT2D eigenvalue weighted by molar-refractivity contribution is -0.139. The van der Waals surface area contributed by atoms with E-state index in [2.05, 4.69) is 0 Å².